The van der Waals surface area contributed by atoms with Crippen molar-refractivity contribution >= 4 is 45.8 Å². The maximum Gasteiger partial charge on any atom is 0.337 e. The smallest absolute Gasteiger partial charge is 0.337 e. The van der Waals surface area contributed by atoms with E-state index in [4.69, 9.17) is 46.5 Å². The fourth-order valence-electron chi connectivity index (χ4n) is 9.78. The van der Waals surface area contributed by atoms with Crippen molar-refractivity contribution in [3.05, 3.63) is 262 Å². The van der Waals surface area contributed by atoms with Gasteiger partial charge in [0.05, 0.1) is 86.7 Å². The lowest BCUT2D eigenvalue weighted by Crippen LogP contribution is -2.13. The summed E-state index contributed by atoms with van der Waals surface area (Å²) in [6.45, 7) is 19.9. The Labute approximate surface area is 555 Å². The van der Waals surface area contributed by atoms with E-state index in [1.807, 2.05) is 27.5 Å². The zero-order valence-electron chi connectivity index (χ0n) is 51.4. The molecule has 11 rings (SSSR count). The van der Waals surface area contributed by atoms with Crippen molar-refractivity contribution in [1.29, 1.82) is 0 Å². The fourth-order valence-corrected chi connectivity index (χ4v) is 9.78. The summed E-state index contributed by atoms with van der Waals surface area (Å²) in [5.74, 6) is -2.22. The van der Waals surface area contributed by atoms with Gasteiger partial charge in [0.15, 0.2) is 46.2 Å². The molecule has 0 bridgehead atoms. The molecule has 1 N–H and O–H groups in total. The number of hydrogen-bond acceptors (Lipinski definition) is 17. The number of ether oxygens (including phenoxy) is 6. The molecule has 0 aliphatic rings. The summed E-state index contributed by atoms with van der Waals surface area (Å²) in [6, 6.07) is 29.4. The number of Topliss-reactive ketones (excluding diaryl/α,β-unsaturated/α-hetero) is 1. The molecule has 5 aromatic heterocycles. The van der Waals surface area contributed by atoms with Crippen LogP contribution in [0.2, 0.25) is 0 Å². The lowest BCUT2D eigenvalue weighted by atomic mass is 9.99. The third kappa shape index (κ3) is 17.9. The van der Waals surface area contributed by atoms with Gasteiger partial charge >= 0.3 is 11.9 Å². The Morgan fingerprint density at radius 1 is 0.567 bits per heavy atom. The minimum Gasteiger partial charge on any atom is -0.483 e. The van der Waals surface area contributed by atoms with Crippen LogP contribution >= 0.6 is 0 Å². The first kappa shape index (κ1) is 70.5. The second kappa shape index (κ2) is 33.0. The van der Waals surface area contributed by atoms with E-state index in [-0.39, 0.29) is 116 Å². The third-order valence-electron chi connectivity index (χ3n) is 14.6. The largest absolute Gasteiger partial charge is 0.483 e. The van der Waals surface area contributed by atoms with E-state index in [1.165, 1.54) is 81.2 Å². The van der Waals surface area contributed by atoms with E-state index in [0.29, 0.717) is 57.9 Å². The number of hydrogen-bond donors (Lipinski definition) is 1. The van der Waals surface area contributed by atoms with Crippen LogP contribution in [-0.4, -0.2) is 80.5 Å². The monoisotopic (exact) mass is 1320 g/mol. The van der Waals surface area contributed by atoms with Gasteiger partial charge in [0.2, 0.25) is 11.8 Å². The van der Waals surface area contributed by atoms with Crippen LogP contribution in [0.25, 0.3) is 20.7 Å². The van der Waals surface area contributed by atoms with Gasteiger partial charge in [-0.25, -0.2) is 61.8 Å². The third-order valence-corrected chi connectivity index (χ3v) is 14.6. The Bertz CT molecular complexity index is 4720. The highest BCUT2D eigenvalue weighted by Gasteiger charge is 2.21. The van der Waals surface area contributed by atoms with Crippen LogP contribution in [-0.2, 0) is 72.9 Å². The molecule has 0 radical (unpaired) electrons. The van der Waals surface area contributed by atoms with E-state index >= 15 is 8.78 Å². The summed E-state index contributed by atoms with van der Waals surface area (Å²) in [5, 5.41) is 3.29. The number of carbonyl (C=O) groups excluding carboxylic acids is 3. The van der Waals surface area contributed by atoms with E-state index in [2.05, 4.69) is 44.9 Å². The van der Waals surface area contributed by atoms with Crippen LogP contribution < -0.4 is 24.3 Å². The number of benzene rings is 6. The van der Waals surface area contributed by atoms with Gasteiger partial charge in [-0.15, -0.1) is 0 Å². The number of rotatable bonds is 25. The highest BCUT2D eigenvalue weighted by Crippen LogP contribution is 2.30. The Kier molecular flexibility index (Phi) is 24.0. The van der Waals surface area contributed by atoms with Gasteiger partial charge in [0, 0.05) is 87.1 Å². The van der Waals surface area contributed by atoms with Crippen LogP contribution in [0, 0.1) is 36.4 Å². The zero-order chi connectivity index (χ0) is 67.0. The average molecular weight is 1320 g/mol. The number of carbonyl (C=O) groups is 3. The van der Waals surface area contributed by atoms with Gasteiger partial charge in [-0.05, 0) is 97.3 Å². The average Bonchev–Trinajstić information content (AvgIpc) is 1.64. The number of halogens is 4. The minimum absolute atomic E-state index is 0. The summed E-state index contributed by atoms with van der Waals surface area (Å²) < 4.78 is 97.0. The second-order valence-corrected chi connectivity index (χ2v) is 20.8. The number of anilines is 1. The van der Waals surface area contributed by atoms with Gasteiger partial charge in [0.25, 0.3) is 0 Å². The molecular weight excluding hydrogens is 1250 g/mol. The van der Waals surface area contributed by atoms with E-state index in [0.717, 1.165) is 42.7 Å². The Balaban J connectivity index is 0.000000243. The molecule has 97 heavy (non-hydrogen) atoms. The lowest BCUT2D eigenvalue weighted by molar-refractivity contribution is -0.117. The molecule has 22 nitrogen and oxygen atoms in total. The number of aryl methyl sites for hydroxylation is 2. The number of imidazole rings is 3. The molecule has 6 aromatic carbocycles. The van der Waals surface area contributed by atoms with Gasteiger partial charge in [0.1, 0.15) is 48.0 Å². The number of nitrogens with zero attached hydrogens (tertiary/aromatic N) is 12. The number of fused-ring (bicyclic) bond motifs is 1. The SMILES string of the molecule is C.C.[C-]#[N+]c1ccc(OCc2nccc(Oc3ccc(CC(=O)Cc4ccc(C(=O)OC)cc4NCc4cncn4CC)c(F)c3)n2)c(F)c1.[C-]#[N+]c1ccc(OCc2nccc(Oc3ccc(Cc4nc5ccc(C(=O)OC)cc5n4Cc4cncn4CC)c(F)c3)n2)c(F)c1. The predicted molar refractivity (Wildman–Crippen MR) is 351 cm³/mol. The van der Waals surface area contributed by atoms with Crippen molar-refractivity contribution in [3.8, 4) is 34.8 Å². The topological polar surface area (TPSA) is 232 Å². The summed E-state index contributed by atoms with van der Waals surface area (Å²) in [4.78, 5) is 73.8. The molecule has 26 heteroatoms. The number of aromatic nitrogens is 10. The van der Waals surface area contributed by atoms with E-state index < -0.39 is 35.2 Å². The Morgan fingerprint density at radius 2 is 1.08 bits per heavy atom. The molecule has 0 saturated carbocycles. The molecular formula is C71H65F4N13O9. The molecule has 11 aromatic rings. The normalized spacial score (nSPS) is 10.6. The highest BCUT2D eigenvalue weighted by atomic mass is 19.1. The van der Waals surface area contributed by atoms with E-state index in [9.17, 15) is 23.2 Å². The summed E-state index contributed by atoms with van der Waals surface area (Å²) in [5.41, 5.74) is 6.02. The van der Waals surface area contributed by atoms with Crippen LogP contribution in [0.3, 0.4) is 0 Å². The van der Waals surface area contributed by atoms with Crippen molar-refractivity contribution in [2.45, 2.75) is 87.4 Å². The fraction of sp³-hybridized carbons (Fsp3) is 0.211. The van der Waals surface area contributed by atoms with Crippen LogP contribution in [0.5, 0.6) is 34.8 Å². The van der Waals surface area contributed by atoms with Crippen molar-refractivity contribution in [2.75, 3.05) is 19.5 Å². The summed E-state index contributed by atoms with van der Waals surface area (Å²) in [6.07, 6.45) is 9.83. The first-order valence-corrected chi connectivity index (χ1v) is 29.3. The molecule has 496 valence electrons. The molecule has 0 amide bonds. The number of ketones is 1. The number of nitrogens with one attached hydrogen (secondary N) is 1. The van der Waals surface area contributed by atoms with Crippen LogP contribution in [0.4, 0.5) is 34.6 Å². The van der Waals surface area contributed by atoms with Gasteiger partial charge in [-0.2, -0.15) is 9.97 Å². The van der Waals surface area contributed by atoms with Crippen molar-refractivity contribution in [1.82, 2.24) is 48.6 Å². The first-order valence-electron chi connectivity index (χ1n) is 29.3. The minimum atomic E-state index is -0.685. The molecule has 0 fully saturated rings. The van der Waals surface area contributed by atoms with E-state index in [1.54, 1.807) is 73.6 Å². The summed E-state index contributed by atoms with van der Waals surface area (Å²) in [7, 11) is 2.62. The predicted octanol–water partition coefficient (Wildman–Crippen LogP) is 14.6. The van der Waals surface area contributed by atoms with Crippen molar-refractivity contribution < 1.29 is 60.4 Å². The molecule has 0 saturated heterocycles. The Hall–Kier alpha value is -12.3. The number of esters is 2. The highest BCUT2D eigenvalue weighted by molar-refractivity contribution is 5.94. The van der Waals surface area contributed by atoms with Gasteiger partial charge in [-0.1, -0.05) is 45.2 Å². The standard InChI is InChI=1S/C35H30F2N6O5.C34H27F2N7O4.2CH4/c1-4-43-21-39-18-26(43)19-41-31-15-24(35(45)46-3)6-5-23(31)14-27(44)13-22-7-9-28(17-29(22)36)48-34-11-12-40-33(42-34)20-47-32-10-8-25(38-2)16-30(32)37;1-4-42-20-38-17-24(42)18-43-29-13-22(34(44)45-3)6-9-28(29)40-32(43)14-21-5-8-25(16-26(21)35)47-33-11-12-39-31(41-33)19-46-30-10-7-23(37-2)15-27(30)36;;/h5-12,15-18,21,41H,4,13-14,19-20H2,1,3H3;5-13,15-17,20H,4,14,18-19H2,1,3H3;2*1H4. The van der Waals surface area contributed by atoms with Crippen molar-refractivity contribution in [3.63, 3.8) is 0 Å². The molecule has 0 aliphatic carbocycles. The first-order chi connectivity index (χ1) is 46.1. The molecule has 0 atom stereocenters. The molecule has 0 aliphatic heterocycles. The zero-order valence-corrected chi connectivity index (χ0v) is 51.4. The molecule has 5 heterocycles. The lowest BCUT2D eigenvalue weighted by Gasteiger charge is -2.14. The second-order valence-electron chi connectivity index (χ2n) is 20.8. The van der Waals surface area contributed by atoms with Crippen LogP contribution in [0.1, 0.15) is 95.0 Å². The summed E-state index contributed by atoms with van der Waals surface area (Å²) >= 11 is 0. The molecule has 0 unspecified atom stereocenters. The Morgan fingerprint density at radius 3 is 1.62 bits per heavy atom. The van der Waals surface area contributed by atoms with Crippen molar-refractivity contribution in [2.24, 2.45) is 0 Å². The maximum absolute atomic E-state index is 15.5. The maximum atomic E-state index is 15.5. The molecule has 0 spiro atoms. The van der Waals surface area contributed by atoms with Gasteiger partial charge < -0.3 is 47.4 Å². The van der Waals surface area contributed by atoms with Gasteiger partial charge in [-0.3, -0.25) is 4.79 Å². The number of methoxy groups -OCH3 is 2. The quantitative estimate of drug-likeness (QED) is 0.0318. The van der Waals surface area contributed by atoms with Crippen LogP contribution in [0.15, 0.2) is 159 Å².